The standard InChI is InChI=1S/C14H19N3O3/c1-16(12-4-2-3-5-12)10-14(18)15-11-6-8-13(9-7-11)17(19)20/h6-9,12H,2-5,10H2,1H3,(H,15,18). The summed E-state index contributed by atoms with van der Waals surface area (Å²) >= 11 is 0. The molecule has 1 aromatic carbocycles. The van der Waals surface area contributed by atoms with Crippen molar-refractivity contribution in [2.24, 2.45) is 0 Å². The SMILES string of the molecule is CN(CC(=O)Nc1ccc([N+](=O)[O-])cc1)C1CCCC1. The van der Waals surface area contributed by atoms with Crippen molar-refractivity contribution in [1.29, 1.82) is 0 Å². The molecule has 108 valence electrons. The Balaban J connectivity index is 1.85. The number of amides is 1. The first-order chi connectivity index (χ1) is 9.56. The summed E-state index contributed by atoms with van der Waals surface area (Å²) < 4.78 is 0. The topological polar surface area (TPSA) is 75.5 Å². The van der Waals surface area contributed by atoms with E-state index in [1.54, 1.807) is 12.1 Å². The van der Waals surface area contributed by atoms with Gasteiger partial charge in [0.15, 0.2) is 0 Å². The number of hydrogen-bond donors (Lipinski definition) is 1. The Bertz CT molecular complexity index is 481. The first kappa shape index (κ1) is 14.5. The Morgan fingerprint density at radius 2 is 1.95 bits per heavy atom. The molecule has 0 aliphatic heterocycles. The maximum Gasteiger partial charge on any atom is 0.269 e. The third kappa shape index (κ3) is 3.77. The molecule has 1 saturated carbocycles. The van der Waals surface area contributed by atoms with E-state index in [4.69, 9.17) is 0 Å². The Morgan fingerprint density at radius 1 is 1.35 bits per heavy atom. The third-order valence-electron chi connectivity index (χ3n) is 3.70. The van der Waals surface area contributed by atoms with E-state index in [1.165, 1.54) is 25.0 Å². The number of non-ortho nitro benzene ring substituents is 1. The van der Waals surface area contributed by atoms with Gasteiger partial charge in [-0.2, -0.15) is 0 Å². The van der Waals surface area contributed by atoms with Gasteiger partial charge in [-0.1, -0.05) is 12.8 Å². The zero-order valence-electron chi connectivity index (χ0n) is 11.5. The number of nitro groups is 1. The maximum absolute atomic E-state index is 11.9. The van der Waals surface area contributed by atoms with E-state index in [0.29, 0.717) is 18.3 Å². The second-order valence-corrected chi connectivity index (χ2v) is 5.21. The predicted molar refractivity (Wildman–Crippen MR) is 76.6 cm³/mol. The number of anilines is 1. The summed E-state index contributed by atoms with van der Waals surface area (Å²) in [5.41, 5.74) is 0.603. The van der Waals surface area contributed by atoms with Gasteiger partial charge in [-0.25, -0.2) is 0 Å². The Morgan fingerprint density at radius 3 is 2.50 bits per heavy atom. The zero-order valence-corrected chi connectivity index (χ0v) is 11.5. The van der Waals surface area contributed by atoms with Crippen LogP contribution in [0.5, 0.6) is 0 Å². The fourth-order valence-corrected chi connectivity index (χ4v) is 2.57. The first-order valence-electron chi connectivity index (χ1n) is 6.81. The lowest BCUT2D eigenvalue weighted by Crippen LogP contribution is -2.36. The van der Waals surface area contributed by atoms with Gasteiger partial charge in [-0.05, 0) is 32.0 Å². The van der Waals surface area contributed by atoms with Crippen molar-refractivity contribution in [1.82, 2.24) is 4.90 Å². The summed E-state index contributed by atoms with van der Waals surface area (Å²) in [7, 11) is 1.96. The van der Waals surface area contributed by atoms with Crippen molar-refractivity contribution in [2.45, 2.75) is 31.7 Å². The summed E-state index contributed by atoms with van der Waals surface area (Å²) in [5.74, 6) is -0.0896. The Labute approximate surface area is 117 Å². The van der Waals surface area contributed by atoms with Crippen LogP contribution in [0, 0.1) is 10.1 Å². The highest BCUT2D eigenvalue weighted by Gasteiger charge is 2.21. The molecule has 0 aromatic heterocycles. The van der Waals surface area contributed by atoms with Gasteiger partial charge in [0.25, 0.3) is 5.69 Å². The van der Waals surface area contributed by atoms with Gasteiger partial charge in [-0.15, -0.1) is 0 Å². The fourth-order valence-electron chi connectivity index (χ4n) is 2.57. The lowest BCUT2D eigenvalue weighted by Gasteiger charge is -2.23. The lowest BCUT2D eigenvalue weighted by molar-refractivity contribution is -0.384. The average molecular weight is 277 g/mol. The van der Waals surface area contributed by atoms with Crippen LogP contribution >= 0.6 is 0 Å². The molecule has 2 rings (SSSR count). The Kier molecular flexibility index (Phi) is 4.68. The van der Waals surface area contributed by atoms with Crippen molar-refractivity contribution >= 4 is 17.3 Å². The number of nitrogens with one attached hydrogen (secondary N) is 1. The van der Waals surface area contributed by atoms with Crippen molar-refractivity contribution < 1.29 is 9.72 Å². The second kappa shape index (κ2) is 6.47. The molecule has 0 saturated heterocycles. The van der Waals surface area contributed by atoms with Crippen LogP contribution in [0.4, 0.5) is 11.4 Å². The van der Waals surface area contributed by atoms with Gasteiger partial charge < -0.3 is 5.32 Å². The highest BCUT2D eigenvalue weighted by molar-refractivity contribution is 5.92. The largest absolute Gasteiger partial charge is 0.325 e. The van der Waals surface area contributed by atoms with Crippen molar-refractivity contribution in [3.8, 4) is 0 Å². The summed E-state index contributed by atoms with van der Waals surface area (Å²) in [6.45, 7) is 0.349. The number of nitrogens with zero attached hydrogens (tertiary/aromatic N) is 2. The minimum atomic E-state index is -0.459. The minimum Gasteiger partial charge on any atom is -0.325 e. The van der Waals surface area contributed by atoms with E-state index in [9.17, 15) is 14.9 Å². The highest BCUT2D eigenvalue weighted by Crippen LogP contribution is 2.22. The van der Waals surface area contributed by atoms with Crippen molar-refractivity contribution in [3.63, 3.8) is 0 Å². The third-order valence-corrected chi connectivity index (χ3v) is 3.70. The van der Waals surface area contributed by atoms with Crippen LogP contribution in [0.25, 0.3) is 0 Å². The summed E-state index contributed by atoms with van der Waals surface area (Å²) in [6, 6.07) is 6.36. The first-order valence-corrected chi connectivity index (χ1v) is 6.81. The maximum atomic E-state index is 11.9. The molecule has 20 heavy (non-hydrogen) atoms. The molecule has 0 radical (unpaired) electrons. The van der Waals surface area contributed by atoms with E-state index >= 15 is 0 Å². The number of carbonyl (C=O) groups excluding carboxylic acids is 1. The smallest absolute Gasteiger partial charge is 0.269 e. The van der Waals surface area contributed by atoms with E-state index < -0.39 is 4.92 Å². The number of likely N-dealkylation sites (N-methyl/N-ethyl adjacent to an activating group) is 1. The fraction of sp³-hybridized carbons (Fsp3) is 0.500. The highest BCUT2D eigenvalue weighted by atomic mass is 16.6. The van der Waals surface area contributed by atoms with Crippen molar-refractivity contribution in [3.05, 3.63) is 34.4 Å². The van der Waals surface area contributed by atoms with Crippen LogP contribution in [0.15, 0.2) is 24.3 Å². The molecule has 0 atom stereocenters. The molecule has 0 heterocycles. The summed E-state index contributed by atoms with van der Waals surface area (Å²) in [5, 5.41) is 13.3. The van der Waals surface area contributed by atoms with E-state index in [1.807, 2.05) is 7.05 Å². The molecular formula is C14H19N3O3. The lowest BCUT2D eigenvalue weighted by atomic mass is 10.2. The average Bonchev–Trinajstić information content (AvgIpc) is 2.93. The van der Waals surface area contributed by atoms with Crippen LogP contribution in [0.3, 0.4) is 0 Å². The molecular weight excluding hydrogens is 258 g/mol. The summed E-state index contributed by atoms with van der Waals surface area (Å²) in [6.07, 6.45) is 4.78. The van der Waals surface area contributed by atoms with Gasteiger partial charge in [0.1, 0.15) is 0 Å². The van der Waals surface area contributed by atoms with E-state index in [-0.39, 0.29) is 11.6 Å². The van der Waals surface area contributed by atoms with Crippen LogP contribution in [0.2, 0.25) is 0 Å². The molecule has 1 aliphatic carbocycles. The summed E-state index contributed by atoms with van der Waals surface area (Å²) in [4.78, 5) is 24.1. The number of nitro benzene ring substituents is 1. The van der Waals surface area contributed by atoms with Crippen LogP contribution in [-0.4, -0.2) is 35.4 Å². The second-order valence-electron chi connectivity index (χ2n) is 5.21. The number of benzene rings is 1. The molecule has 6 heteroatoms. The normalized spacial score (nSPS) is 15.5. The van der Waals surface area contributed by atoms with Gasteiger partial charge in [0, 0.05) is 23.9 Å². The van der Waals surface area contributed by atoms with Gasteiger partial charge in [0.2, 0.25) is 5.91 Å². The van der Waals surface area contributed by atoms with E-state index in [0.717, 1.165) is 12.8 Å². The molecule has 1 amide bonds. The monoisotopic (exact) mass is 277 g/mol. The van der Waals surface area contributed by atoms with Gasteiger partial charge in [-0.3, -0.25) is 19.8 Å². The molecule has 1 N–H and O–H groups in total. The predicted octanol–water partition coefficient (Wildman–Crippen LogP) is 2.41. The molecule has 0 unspecified atom stereocenters. The molecule has 6 nitrogen and oxygen atoms in total. The molecule has 1 fully saturated rings. The quantitative estimate of drug-likeness (QED) is 0.662. The van der Waals surface area contributed by atoms with Crippen LogP contribution < -0.4 is 5.32 Å². The van der Waals surface area contributed by atoms with Crippen molar-refractivity contribution in [2.75, 3.05) is 18.9 Å². The van der Waals surface area contributed by atoms with E-state index in [2.05, 4.69) is 10.2 Å². The number of hydrogen-bond acceptors (Lipinski definition) is 4. The zero-order chi connectivity index (χ0) is 14.5. The van der Waals surface area contributed by atoms with Gasteiger partial charge in [0.05, 0.1) is 11.5 Å². The van der Waals surface area contributed by atoms with Gasteiger partial charge >= 0.3 is 0 Å². The Hall–Kier alpha value is -1.95. The molecule has 0 bridgehead atoms. The number of carbonyl (C=O) groups is 1. The molecule has 0 spiro atoms. The van der Waals surface area contributed by atoms with Crippen LogP contribution in [0.1, 0.15) is 25.7 Å². The molecule has 1 aliphatic rings. The molecule has 1 aromatic rings. The minimum absolute atomic E-state index is 0.0195. The van der Waals surface area contributed by atoms with Crippen LogP contribution in [-0.2, 0) is 4.79 Å². The number of rotatable bonds is 5.